The maximum Gasteiger partial charge on any atom is 0.253 e. The molecule has 1 amide bonds. The third kappa shape index (κ3) is 4.87. The lowest BCUT2D eigenvalue weighted by molar-refractivity contribution is 0.0827. The molecule has 1 aromatic heterocycles. The Morgan fingerprint density at radius 1 is 1.00 bits per heavy atom. The molecule has 0 fully saturated rings. The number of aromatic nitrogens is 3. The molecule has 5 nitrogen and oxygen atoms in total. The van der Waals surface area contributed by atoms with E-state index in [0.717, 1.165) is 33.4 Å². The molecule has 0 spiro atoms. The normalized spacial score (nSPS) is 10.9. The standard InChI is InChI=1S/C25H23ClN4OS/c1-17-5-4-6-22(15-17)30-23(19-11-13-21(26)14-12-19)27-28-25(30)32-16-18-7-9-20(10-8-18)24(31)29(2)3/h4-15H,16H2,1-3H3. The van der Waals surface area contributed by atoms with E-state index in [-0.39, 0.29) is 5.91 Å². The third-order valence-electron chi connectivity index (χ3n) is 4.97. The highest BCUT2D eigenvalue weighted by molar-refractivity contribution is 7.98. The van der Waals surface area contributed by atoms with Gasteiger partial charge in [-0.2, -0.15) is 0 Å². The highest BCUT2D eigenvalue weighted by Gasteiger charge is 2.17. The van der Waals surface area contributed by atoms with Crippen molar-refractivity contribution >= 4 is 29.3 Å². The van der Waals surface area contributed by atoms with Gasteiger partial charge in [-0.25, -0.2) is 0 Å². The van der Waals surface area contributed by atoms with Crippen LogP contribution in [-0.2, 0) is 5.75 Å². The molecule has 0 N–H and O–H groups in total. The second kappa shape index (κ2) is 9.59. The number of hydrogen-bond acceptors (Lipinski definition) is 4. The lowest BCUT2D eigenvalue weighted by atomic mass is 10.1. The maximum absolute atomic E-state index is 12.1. The summed E-state index contributed by atoms with van der Waals surface area (Å²) in [6.45, 7) is 2.07. The fraction of sp³-hybridized carbons (Fsp3) is 0.160. The van der Waals surface area contributed by atoms with E-state index in [2.05, 4.69) is 39.9 Å². The summed E-state index contributed by atoms with van der Waals surface area (Å²) in [5.74, 6) is 1.47. The van der Waals surface area contributed by atoms with Gasteiger partial charge in [0.05, 0.1) is 0 Å². The minimum atomic E-state index is -0.00370. The minimum Gasteiger partial charge on any atom is -0.345 e. The SMILES string of the molecule is Cc1cccc(-n2c(SCc3ccc(C(=O)N(C)C)cc3)nnc2-c2ccc(Cl)cc2)c1. The Bertz CT molecular complexity index is 1230. The van der Waals surface area contributed by atoms with Gasteiger partial charge in [0, 0.05) is 41.7 Å². The van der Waals surface area contributed by atoms with E-state index in [1.54, 1.807) is 30.8 Å². The molecule has 162 valence electrons. The van der Waals surface area contributed by atoms with E-state index in [9.17, 15) is 4.79 Å². The van der Waals surface area contributed by atoms with Gasteiger partial charge >= 0.3 is 0 Å². The molecule has 0 aliphatic carbocycles. The Labute approximate surface area is 197 Å². The summed E-state index contributed by atoms with van der Waals surface area (Å²) in [6, 6.07) is 23.6. The van der Waals surface area contributed by atoms with Gasteiger partial charge in [-0.15, -0.1) is 10.2 Å². The van der Waals surface area contributed by atoms with E-state index in [1.807, 2.05) is 54.6 Å². The summed E-state index contributed by atoms with van der Waals surface area (Å²) in [7, 11) is 3.50. The highest BCUT2D eigenvalue weighted by atomic mass is 35.5. The Hall–Kier alpha value is -3.09. The molecule has 7 heteroatoms. The van der Waals surface area contributed by atoms with Crippen molar-refractivity contribution in [3.63, 3.8) is 0 Å². The first-order chi connectivity index (χ1) is 15.4. The van der Waals surface area contributed by atoms with Gasteiger partial charge in [-0.05, 0) is 66.6 Å². The third-order valence-corrected chi connectivity index (χ3v) is 6.22. The van der Waals surface area contributed by atoms with Crippen molar-refractivity contribution in [2.24, 2.45) is 0 Å². The summed E-state index contributed by atoms with van der Waals surface area (Å²) in [6.07, 6.45) is 0. The number of nitrogens with zero attached hydrogens (tertiary/aromatic N) is 4. The van der Waals surface area contributed by atoms with Gasteiger partial charge in [0.1, 0.15) is 0 Å². The van der Waals surface area contributed by atoms with Gasteiger partial charge in [-0.3, -0.25) is 9.36 Å². The average Bonchev–Trinajstić information content (AvgIpc) is 3.22. The Balaban J connectivity index is 1.64. The van der Waals surface area contributed by atoms with Crippen molar-refractivity contribution < 1.29 is 4.79 Å². The smallest absolute Gasteiger partial charge is 0.253 e. The second-order valence-corrected chi connectivity index (χ2v) is 9.05. The van der Waals surface area contributed by atoms with Crippen LogP contribution >= 0.6 is 23.4 Å². The number of hydrogen-bond donors (Lipinski definition) is 0. The highest BCUT2D eigenvalue weighted by Crippen LogP contribution is 2.30. The Morgan fingerprint density at radius 3 is 2.38 bits per heavy atom. The molecular weight excluding hydrogens is 440 g/mol. The fourth-order valence-electron chi connectivity index (χ4n) is 3.30. The molecule has 3 aromatic carbocycles. The van der Waals surface area contributed by atoms with E-state index in [1.165, 1.54) is 0 Å². The molecule has 0 atom stereocenters. The number of halogens is 1. The predicted molar refractivity (Wildman–Crippen MR) is 131 cm³/mol. The lowest BCUT2D eigenvalue weighted by Gasteiger charge is -2.12. The summed E-state index contributed by atoms with van der Waals surface area (Å²) in [5.41, 5.74) is 4.90. The molecule has 0 bridgehead atoms. The van der Waals surface area contributed by atoms with Crippen LogP contribution in [0.4, 0.5) is 0 Å². The van der Waals surface area contributed by atoms with Crippen LogP contribution in [0.2, 0.25) is 5.02 Å². The van der Waals surface area contributed by atoms with Crippen LogP contribution in [0.15, 0.2) is 78.0 Å². The fourth-order valence-corrected chi connectivity index (χ4v) is 4.33. The molecule has 4 aromatic rings. The largest absolute Gasteiger partial charge is 0.345 e. The second-order valence-electron chi connectivity index (χ2n) is 7.67. The van der Waals surface area contributed by atoms with Crippen LogP contribution in [0, 0.1) is 6.92 Å². The zero-order chi connectivity index (χ0) is 22.7. The summed E-state index contributed by atoms with van der Waals surface area (Å²) < 4.78 is 2.07. The first kappa shape index (κ1) is 22.1. The number of carbonyl (C=O) groups is 1. The number of rotatable bonds is 6. The van der Waals surface area contributed by atoms with Crippen LogP contribution in [0.1, 0.15) is 21.5 Å². The molecule has 32 heavy (non-hydrogen) atoms. The molecule has 0 aliphatic rings. The Kier molecular flexibility index (Phi) is 6.63. The molecule has 4 rings (SSSR count). The van der Waals surface area contributed by atoms with Gasteiger partial charge in [0.25, 0.3) is 5.91 Å². The van der Waals surface area contributed by atoms with E-state index >= 15 is 0 Å². The van der Waals surface area contributed by atoms with Crippen LogP contribution in [0.5, 0.6) is 0 Å². The van der Waals surface area contributed by atoms with Gasteiger partial charge in [-0.1, -0.05) is 47.6 Å². The molecule has 0 saturated carbocycles. The van der Waals surface area contributed by atoms with Gasteiger partial charge < -0.3 is 4.90 Å². The summed E-state index contributed by atoms with van der Waals surface area (Å²) in [5, 5.41) is 10.5. The topological polar surface area (TPSA) is 51.0 Å². The minimum absolute atomic E-state index is 0.00370. The quantitative estimate of drug-likeness (QED) is 0.335. The average molecular weight is 463 g/mol. The Morgan fingerprint density at radius 2 is 1.72 bits per heavy atom. The number of amides is 1. The van der Waals surface area contributed by atoms with Gasteiger partial charge in [0.15, 0.2) is 11.0 Å². The number of aryl methyl sites for hydroxylation is 1. The van der Waals surface area contributed by atoms with Crippen LogP contribution in [0.3, 0.4) is 0 Å². The van der Waals surface area contributed by atoms with Crippen LogP contribution < -0.4 is 0 Å². The van der Waals surface area contributed by atoms with Crippen molar-refractivity contribution in [1.82, 2.24) is 19.7 Å². The van der Waals surface area contributed by atoms with Crippen LogP contribution in [-0.4, -0.2) is 39.7 Å². The van der Waals surface area contributed by atoms with Crippen molar-refractivity contribution in [3.05, 3.63) is 94.5 Å². The predicted octanol–water partition coefficient (Wildman–Crippen LogP) is 5.89. The molecular formula is C25H23ClN4OS. The lowest BCUT2D eigenvalue weighted by Crippen LogP contribution is -2.21. The van der Waals surface area contributed by atoms with Gasteiger partial charge in [0.2, 0.25) is 0 Å². The first-order valence-corrected chi connectivity index (χ1v) is 11.5. The summed E-state index contributed by atoms with van der Waals surface area (Å²) >= 11 is 7.68. The molecule has 1 heterocycles. The maximum atomic E-state index is 12.1. The molecule has 0 radical (unpaired) electrons. The van der Waals surface area contributed by atoms with Crippen molar-refractivity contribution in [3.8, 4) is 17.1 Å². The van der Waals surface area contributed by atoms with Crippen LogP contribution in [0.25, 0.3) is 17.1 Å². The number of benzene rings is 3. The first-order valence-electron chi connectivity index (χ1n) is 10.1. The van der Waals surface area contributed by atoms with E-state index in [0.29, 0.717) is 16.3 Å². The summed E-state index contributed by atoms with van der Waals surface area (Å²) in [4.78, 5) is 13.7. The molecule has 0 unspecified atom stereocenters. The van der Waals surface area contributed by atoms with Crippen molar-refractivity contribution in [1.29, 1.82) is 0 Å². The monoisotopic (exact) mass is 462 g/mol. The zero-order valence-electron chi connectivity index (χ0n) is 18.1. The number of carbonyl (C=O) groups excluding carboxylic acids is 1. The van der Waals surface area contributed by atoms with E-state index < -0.39 is 0 Å². The van der Waals surface area contributed by atoms with E-state index in [4.69, 9.17) is 11.6 Å². The molecule has 0 saturated heterocycles. The number of thioether (sulfide) groups is 1. The van der Waals surface area contributed by atoms with Crippen molar-refractivity contribution in [2.75, 3.05) is 14.1 Å². The molecule has 0 aliphatic heterocycles. The zero-order valence-corrected chi connectivity index (χ0v) is 19.7. The van der Waals surface area contributed by atoms with Crippen molar-refractivity contribution in [2.45, 2.75) is 17.8 Å².